The van der Waals surface area contributed by atoms with E-state index in [1.165, 1.54) is 18.2 Å². The van der Waals surface area contributed by atoms with Crippen molar-refractivity contribution in [3.05, 3.63) is 98.0 Å². The minimum atomic E-state index is -0.537. The molecule has 0 radical (unpaired) electrons. The summed E-state index contributed by atoms with van der Waals surface area (Å²) in [6, 6.07) is 20.2. The van der Waals surface area contributed by atoms with Crippen LogP contribution >= 0.6 is 15.9 Å². The maximum atomic E-state index is 12.6. The molecule has 0 aromatic heterocycles. The van der Waals surface area contributed by atoms with Gasteiger partial charge in [0, 0.05) is 22.3 Å². The molecule has 34 heavy (non-hydrogen) atoms. The second-order valence-corrected chi connectivity index (χ2v) is 7.90. The number of ether oxygens (including phenoxy) is 2. The Morgan fingerprint density at radius 3 is 2.62 bits per heavy atom. The highest BCUT2D eigenvalue weighted by molar-refractivity contribution is 9.10. The molecule has 172 valence electrons. The Morgan fingerprint density at radius 2 is 1.91 bits per heavy atom. The molecule has 1 amide bonds. The molecule has 3 aromatic rings. The number of carbonyl (C=O) groups excluding carboxylic acids is 1. The first-order valence-corrected chi connectivity index (χ1v) is 11.0. The Kier molecular flexibility index (Phi) is 8.37. The molecule has 0 aliphatic rings. The van der Waals surface area contributed by atoms with Crippen molar-refractivity contribution in [3.63, 3.8) is 0 Å². The lowest BCUT2D eigenvalue weighted by molar-refractivity contribution is -0.384. The highest BCUT2D eigenvalue weighted by Gasteiger charge is 2.13. The van der Waals surface area contributed by atoms with Crippen LogP contribution in [0, 0.1) is 21.4 Å². The second kappa shape index (κ2) is 11.6. The number of rotatable bonds is 9. The van der Waals surface area contributed by atoms with Gasteiger partial charge >= 0.3 is 0 Å². The highest BCUT2D eigenvalue weighted by atomic mass is 79.9. The summed E-state index contributed by atoms with van der Waals surface area (Å²) in [7, 11) is 0. The maximum Gasteiger partial charge on any atom is 0.269 e. The summed E-state index contributed by atoms with van der Waals surface area (Å²) in [4.78, 5) is 23.1. The number of nitrogens with one attached hydrogen (secondary N) is 1. The van der Waals surface area contributed by atoms with Crippen LogP contribution in [0.2, 0.25) is 0 Å². The third-order valence-corrected chi connectivity index (χ3v) is 5.04. The number of hydrogen-bond donors (Lipinski definition) is 1. The first kappa shape index (κ1) is 24.5. The Labute approximate surface area is 204 Å². The van der Waals surface area contributed by atoms with E-state index in [4.69, 9.17) is 9.47 Å². The average Bonchev–Trinajstić information content (AvgIpc) is 2.82. The highest BCUT2D eigenvalue weighted by Crippen LogP contribution is 2.30. The van der Waals surface area contributed by atoms with Crippen molar-refractivity contribution in [1.29, 1.82) is 5.26 Å². The summed E-state index contributed by atoms with van der Waals surface area (Å²) >= 11 is 3.34. The largest absolute Gasteiger partial charge is 0.490 e. The van der Waals surface area contributed by atoms with Gasteiger partial charge in [0.05, 0.1) is 11.5 Å². The normalized spacial score (nSPS) is 10.8. The zero-order valence-corrected chi connectivity index (χ0v) is 19.7. The predicted octanol–water partition coefficient (Wildman–Crippen LogP) is 5.88. The van der Waals surface area contributed by atoms with Gasteiger partial charge in [-0.25, -0.2) is 0 Å². The molecule has 0 unspecified atom stereocenters. The zero-order valence-electron chi connectivity index (χ0n) is 18.2. The van der Waals surface area contributed by atoms with Crippen molar-refractivity contribution >= 4 is 39.3 Å². The number of carbonyl (C=O) groups is 1. The molecule has 0 heterocycles. The maximum absolute atomic E-state index is 12.6. The minimum Gasteiger partial charge on any atom is -0.490 e. The minimum absolute atomic E-state index is 0.0169. The number of benzene rings is 3. The van der Waals surface area contributed by atoms with Crippen LogP contribution in [0.3, 0.4) is 0 Å². The monoisotopic (exact) mass is 521 g/mol. The number of non-ortho nitro benzene ring substituents is 1. The van der Waals surface area contributed by atoms with Gasteiger partial charge in [-0.05, 0) is 54.5 Å². The molecular formula is C25H20BrN3O5. The fraction of sp³-hybridized carbons (Fsp3) is 0.120. The van der Waals surface area contributed by atoms with Gasteiger partial charge < -0.3 is 14.8 Å². The molecule has 3 aromatic carbocycles. The fourth-order valence-corrected chi connectivity index (χ4v) is 3.40. The van der Waals surface area contributed by atoms with E-state index in [9.17, 15) is 20.2 Å². The van der Waals surface area contributed by atoms with Crippen molar-refractivity contribution in [2.24, 2.45) is 0 Å². The quantitative estimate of drug-likeness (QED) is 0.162. The Bertz CT molecular complexity index is 1280. The fourth-order valence-electron chi connectivity index (χ4n) is 3.00. The van der Waals surface area contributed by atoms with E-state index in [1.807, 2.05) is 19.1 Å². The molecule has 0 atom stereocenters. The SMILES string of the molecule is CCOc1cc(/C=C(/C#N)C(=O)Nc2cccc(Br)c2)ccc1OCc1cccc([N+](=O)[O-])c1. The van der Waals surface area contributed by atoms with Crippen molar-refractivity contribution in [2.75, 3.05) is 11.9 Å². The molecule has 0 saturated carbocycles. The van der Waals surface area contributed by atoms with Gasteiger partial charge in [-0.2, -0.15) is 5.26 Å². The van der Waals surface area contributed by atoms with Gasteiger partial charge in [0.1, 0.15) is 18.2 Å². The summed E-state index contributed by atoms with van der Waals surface area (Å²) in [5.41, 5.74) is 1.67. The Balaban J connectivity index is 1.78. The first-order valence-electron chi connectivity index (χ1n) is 10.2. The molecule has 0 bridgehead atoms. The topological polar surface area (TPSA) is 114 Å². The van der Waals surface area contributed by atoms with Crippen LogP contribution in [0.15, 0.2) is 76.8 Å². The van der Waals surface area contributed by atoms with E-state index in [2.05, 4.69) is 21.2 Å². The molecule has 1 N–H and O–H groups in total. The third-order valence-electron chi connectivity index (χ3n) is 4.54. The molecule has 9 heteroatoms. The van der Waals surface area contributed by atoms with E-state index >= 15 is 0 Å². The van der Waals surface area contributed by atoms with Crippen molar-refractivity contribution < 1.29 is 19.2 Å². The summed E-state index contributed by atoms with van der Waals surface area (Å²) in [5, 5.41) is 23.2. The summed E-state index contributed by atoms with van der Waals surface area (Å²) in [6.07, 6.45) is 1.46. The van der Waals surface area contributed by atoms with Gasteiger partial charge in [-0.1, -0.05) is 40.2 Å². The van der Waals surface area contributed by atoms with Gasteiger partial charge in [-0.3, -0.25) is 14.9 Å². The second-order valence-electron chi connectivity index (χ2n) is 6.99. The number of halogens is 1. The lowest BCUT2D eigenvalue weighted by Gasteiger charge is -2.13. The first-order chi connectivity index (χ1) is 16.4. The predicted molar refractivity (Wildman–Crippen MR) is 131 cm³/mol. The molecule has 0 fully saturated rings. The van der Waals surface area contributed by atoms with Gasteiger partial charge in [0.25, 0.3) is 11.6 Å². The zero-order chi connectivity index (χ0) is 24.5. The smallest absolute Gasteiger partial charge is 0.269 e. The van der Waals surface area contributed by atoms with Gasteiger partial charge in [0.15, 0.2) is 11.5 Å². The Hall–Kier alpha value is -4.16. The van der Waals surface area contributed by atoms with Gasteiger partial charge in [0.2, 0.25) is 0 Å². The number of nitro groups is 1. The van der Waals surface area contributed by atoms with Crippen LogP contribution in [-0.2, 0) is 11.4 Å². The van der Waals surface area contributed by atoms with Crippen LogP contribution in [-0.4, -0.2) is 17.4 Å². The van der Waals surface area contributed by atoms with Crippen LogP contribution in [0.25, 0.3) is 6.08 Å². The molecule has 0 spiro atoms. The van der Waals surface area contributed by atoms with E-state index in [0.29, 0.717) is 34.9 Å². The van der Waals surface area contributed by atoms with E-state index < -0.39 is 10.8 Å². The summed E-state index contributed by atoms with van der Waals surface area (Å²) in [5.74, 6) is 0.318. The van der Waals surface area contributed by atoms with E-state index in [0.717, 1.165) is 4.47 Å². The lowest BCUT2D eigenvalue weighted by Crippen LogP contribution is -2.13. The van der Waals surface area contributed by atoms with Crippen LogP contribution in [0.1, 0.15) is 18.1 Å². The molecule has 0 saturated heterocycles. The number of nitro benzene ring substituents is 1. The molecule has 0 aliphatic carbocycles. The van der Waals surface area contributed by atoms with E-state index in [-0.39, 0.29) is 17.9 Å². The number of nitrogens with zero attached hydrogens (tertiary/aromatic N) is 2. The number of nitriles is 1. The molecule has 8 nitrogen and oxygen atoms in total. The van der Waals surface area contributed by atoms with Crippen LogP contribution in [0.5, 0.6) is 11.5 Å². The molecule has 3 rings (SSSR count). The van der Waals surface area contributed by atoms with Crippen molar-refractivity contribution in [3.8, 4) is 17.6 Å². The number of anilines is 1. The van der Waals surface area contributed by atoms with Crippen LogP contribution in [0.4, 0.5) is 11.4 Å². The number of hydrogen-bond acceptors (Lipinski definition) is 6. The molecular weight excluding hydrogens is 502 g/mol. The van der Waals surface area contributed by atoms with Gasteiger partial charge in [-0.15, -0.1) is 0 Å². The van der Waals surface area contributed by atoms with E-state index in [1.54, 1.807) is 48.5 Å². The third kappa shape index (κ3) is 6.67. The van der Waals surface area contributed by atoms with Crippen molar-refractivity contribution in [1.82, 2.24) is 0 Å². The summed E-state index contributed by atoms with van der Waals surface area (Å²) in [6.45, 7) is 2.29. The Morgan fingerprint density at radius 1 is 1.12 bits per heavy atom. The average molecular weight is 522 g/mol. The standard InChI is InChI=1S/C25H20BrN3O5/c1-2-33-24-13-17(11-19(15-27)25(30)28-21-7-4-6-20(26)14-21)9-10-23(24)34-16-18-5-3-8-22(12-18)29(31)32/h3-14H,2,16H2,1H3,(H,28,30)/b19-11-. The molecule has 0 aliphatic heterocycles. The van der Waals surface area contributed by atoms with Crippen LogP contribution < -0.4 is 14.8 Å². The van der Waals surface area contributed by atoms with Crippen molar-refractivity contribution in [2.45, 2.75) is 13.5 Å². The number of amides is 1. The lowest BCUT2D eigenvalue weighted by atomic mass is 10.1. The summed E-state index contributed by atoms with van der Waals surface area (Å²) < 4.78 is 12.3.